The number of hydrogen-bond donors (Lipinski definition) is 1. The molecule has 6 nitrogen and oxygen atoms in total. The maximum Gasteiger partial charge on any atom is 0.253 e. The molecule has 2 aromatic rings. The van der Waals surface area contributed by atoms with E-state index in [2.05, 4.69) is 5.32 Å². The van der Waals surface area contributed by atoms with Crippen molar-refractivity contribution in [1.82, 2.24) is 15.1 Å². The van der Waals surface area contributed by atoms with Gasteiger partial charge in [-0.05, 0) is 48.7 Å². The molecule has 1 atom stereocenters. The lowest BCUT2D eigenvalue weighted by Crippen LogP contribution is -2.52. The Labute approximate surface area is 182 Å². The topological polar surface area (TPSA) is 69.7 Å². The lowest BCUT2D eigenvalue weighted by atomic mass is 10.0. The van der Waals surface area contributed by atoms with Gasteiger partial charge in [-0.25, -0.2) is 4.39 Å². The monoisotopic (exact) mass is 425 g/mol. The third kappa shape index (κ3) is 5.69. The predicted octanol–water partition coefficient (Wildman–Crippen LogP) is 2.95. The lowest BCUT2D eigenvalue weighted by molar-refractivity contribution is -0.134. The highest BCUT2D eigenvalue weighted by Gasteiger charge is 2.31. The van der Waals surface area contributed by atoms with Gasteiger partial charge >= 0.3 is 0 Å². The molecule has 2 aromatic carbocycles. The summed E-state index contributed by atoms with van der Waals surface area (Å²) in [5.41, 5.74) is 0.934. The summed E-state index contributed by atoms with van der Waals surface area (Å²) >= 11 is 0. The summed E-state index contributed by atoms with van der Waals surface area (Å²) in [5.74, 6) is -1.07. The third-order valence-corrected chi connectivity index (χ3v) is 5.44. The molecule has 3 amide bonds. The van der Waals surface area contributed by atoms with Crippen LogP contribution in [0, 0.1) is 11.7 Å². The van der Waals surface area contributed by atoms with Crippen LogP contribution in [0.2, 0.25) is 0 Å². The zero-order valence-corrected chi connectivity index (χ0v) is 17.9. The highest BCUT2D eigenvalue weighted by atomic mass is 19.1. The molecule has 1 heterocycles. The summed E-state index contributed by atoms with van der Waals surface area (Å²) in [5, 5.41) is 2.87. The normalized spacial score (nSPS) is 15.4. The summed E-state index contributed by atoms with van der Waals surface area (Å²) in [7, 11) is 0. The number of amides is 3. The van der Waals surface area contributed by atoms with Gasteiger partial charge in [-0.3, -0.25) is 14.4 Å². The largest absolute Gasteiger partial charge is 0.340 e. The van der Waals surface area contributed by atoms with Crippen molar-refractivity contribution in [2.45, 2.75) is 26.3 Å². The second kappa shape index (κ2) is 10.2. The van der Waals surface area contributed by atoms with Crippen LogP contribution in [0.1, 0.15) is 41.0 Å². The summed E-state index contributed by atoms with van der Waals surface area (Å²) in [6.07, 6.45) is 0.635. The van der Waals surface area contributed by atoms with Crippen molar-refractivity contribution in [3.63, 3.8) is 0 Å². The van der Waals surface area contributed by atoms with Crippen molar-refractivity contribution < 1.29 is 18.8 Å². The van der Waals surface area contributed by atoms with E-state index in [-0.39, 0.29) is 29.5 Å². The molecule has 0 spiro atoms. The van der Waals surface area contributed by atoms with Crippen molar-refractivity contribution in [2.75, 3.05) is 26.2 Å². The van der Waals surface area contributed by atoms with Crippen LogP contribution in [-0.4, -0.2) is 59.7 Å². The average molecular weight is 426 g/mol. The van der Waals surface area contributed by atoms with Crippen molar-refractivity contribution in [3.8, 4) is 0 Å². The molecule has 1 N–H and O–H groups in total. The molecule has 0 bridgehead atoms. The van der Waals surface area contributed by atoms with E-state index < -0.39 is 6.04 Å². The van der Waals surface area contributed by atoms with E-state index >= 15 is 0 Å². The first-order valence-electron chi connectivity index (χ1n) is 10.6. The Morgan fingerprint density at radius 2 is 1.45 bits per heavy atom. The average Bonchev–Trinajstić information content (AvgIpc) is 3.03. The zero-order valence-electron chi connectivity index (χ0n) is 17.9. The highest BCUT2D eigenvalue weighted by molar-refractivity contribution is 5.97. The number of benzene rings is 2. The lowest BCUT2D eigenvalue weighted by Gasteiger charge is -2.29. The number of nitrogens with zero attached hydrogens (tertiary/aromatic N) is 2. The molecule has 3 rings (SSSR count). The van der Waals surface area contributed by atoms with Gasteiger partial charge in [-0.2, -0.15) is 0 Å². The Bertz CT molecular complexity index is 915. The SMILES string of the molecule is CC(C)C(NC(=O)c1ccccc1)C(=O)N1CCCN(C(=O)c2ccc(F)cc2)CC1. The van der Waals surface area contributed by atoms with Crippen molar-refractivity contribution >= 4 is 17.7 Å². The molecular formula is C24H28FN3O3. The fraction of sp³-hybridized carbons (Fsp3) is 0.375. The van der Waals surface area contributed by atoms with E-state index in [0.29, 0.717) is 43.7 Å². The second-order valence-electron chi connectivity index (χ2n) is 8.04. The minimum Gasteiger partial charge on any atom is -0.340 e. The van der Waals surface area contributed by atoms with Crippen LogP contribution in [0.3, 0.4) is 0 Å². The van der Waals surface area contributed by atoms with Crippen LogP contribution in [0.15, 0.2) is 54.6 Å². The van der Waals surface area contributed by atoms with Gasteiger partial charge in [-0.15, -0.1) is 0 Å². The van der Waals surface area contributed by atoms with Gasteiger partial charge in [0, 0.05) is 37.3 Å². The minimum absolute atomic E-state index is 0.0830. The van der Waals surface area contributed by atoms with Gasteiger partial charge < -0.3 is 15.1 Å². The van der Waals surface area contributed by atoms with Crippen LogP contribution in [0.25, 0.3) is 0 Å². The third-order valence-electron chi connectivity index (χ3n) is 5.44. The number of halogens is 1. The molecule has 0 radical (unpaired) electrons. The van der Waals surface area contributed by atoms with E-state index in [1.807, 2.05) is 19.9 Å². The van der Waals surface area contributed by atoms with Crippen LogP contribution in [0.4, 0.5) is 4.39 Å². The van der Waals surface area contributed by atoms with Crippen molar-refractivity contribution in [3.05, 3.63) is 71.5 Å². The maximum absolute atomic E-state index is 13.2. The first-order valence-corrected chi connectivity index (χ1v) is 10.6. The van der Waals surface area contributed by atoms with Gasteiger partial charge in [0.25, 0.3) is 11.8 Å². The Hall–Kier alpha value is -3.22. The quantitative estimate of drug-likeness (QED) is 0.801. The molecule has 1 aliphatic heterocycles. The minimum atomic E-state index is -0.646. The van der Waals surface area contributed by atoms with Gasteiger partial charge in [-0.1, -0.05) is 32.0 Å². The molecule has 0 aliphatic carbocycles. The molecule has 164 valence electrons. The van der Waals surface area contributed by atoms with E-state index in [9.17, 15) is 18.8 Å². The molecule has 1 unspecified atom stereocenters. The summed E-state index contributed by atoms with van der Waals surface area (Å²) in [4.78, 5) is 41.9. The van der Waals surface area contributed by atoms with Crippen LogP contribution in [0.5, 0.6) is 0 Å². The molecule has 0 saturated carbocycles. The number of hydrogen-bond acceptors (Lipinski definition) is 3. The Morgan fingerprint density at radius 1 is 0.839 bits per heavy atom. The first kappa shape index (κ1) is 22.5. The smallest absolute Gasteiger partial charge is 0.253 e. The van der Waals surface area contributed by atoms with E-state index in [4.69, 9.17) is 0 Å². The number of nitrogens with one attached hydrogen (secondary N) is 1. The predicted molar refractivity (Wildman–Crippen MR) is 116 cm³/mol. The maximum atomic E-state index is 13.2. The molecule has 31 heavy (non-hydrogen) atoms. The molecule has 1 aliphatic rings. The molecule has 7 heteroatoms. The Morgan fingerprint density at radius 3 is 2.10 bits per heavy atom. The standard InChI is InChI=1S/C24H28FN3O3/c1-17(2)21(26-22(29)18-7-4-3-5-8-18)24(31)28-14-6-13-27(15-16-28)23(30)19-9-11-20(25)12-10-19/h3-5,7-12,17,21H,6,13-16H2,1-2H3,(H,26,29). The van der Waals surface area contributed by atoms with Crippen molar-refractivity contribution in [1.29, 1.82) is 0 Å². The first-order chi connectivity index (χ1) is 14.9. The van der Waals surface area contributed by atoms with Gasteiger partial charge in [0.2, 0.25) is 5.91 Å². The van der Waals surface area contributed by atoms with Gasteiger partial charge in [0.05, 0.1) is 0 Å². The van der Waals surface area contributed by atoms with Gasteiger partial charge in [0.1, 0.15) is 11.9 Å². The highest BCUT2D eigenvalue weighted by Crippen LogP contribution is 2.14. The van der Waals surface area contributed by atoms with E-state index in [1.54, 1.807) is 34.1 Å². The number of carbonyl (C=O) groups is 3. The number of carbonyl (C=O) groups excluding carboxylic acids is 3. The molecule has 0 aromatic heterocycles. The van der Waals surface area contributed by atoms with Crippen LogP contribution < -0.4 is 5.32 Å². The molecular weight excluding hydrogens is 397 g/mol. The van der Waals surface area contributed by atoms with Crippen LogP contribution in [-0.2, 0) is 4.79 Å². The zero-order chi connectivity index (χ0) is 22.4. The van der Waals surface area contributed by atoms with Crippen LogP contribution >= 0.6 is 0 Å². The van der Waals surface area contributed by atoms with Crippen molar-refractivity contribution in [2.24, 2.45) is 5.92 Å². The fourth-order valence-corrected chi connectivity index (χ4v) is 3.64. The number of rotatable bonds is 5. The molecule has 1 saturated heterocycles. The van der Waals surface area contributed by atoms with E-state index in [0.717, 1.165) is 0 Å². The summed E-state index contributed by atoms with van der Waals surface area (Å²) in [6, 6.07) is 13.6. The second-order valence-corrected chi connectivity index (χ2v) is 8.04. The molecule has 1 fully saturated rings. The fourth-order valence-electron chi connectivity index (χ4n) is 3.64. The Kier molecular flexibility index (Phi) is 7.39. The van der Waals surface area contributed by atoms with Gasteiger partial charge in [0.15, 0.2) is 0 Å². The summed E-state index contributed by atoms with van der Waals surface area (Å²) in [6.45, 7) is 5.60. The Balaban J connectivity index is 1.64. The summed E-state index contributed by atoms with van der Waals surface area (Å²) < 4.78 is 13.1. The van der Waals surface area contributed by atoms with E-state index in [1.165, 1.54) is 24.3 Å².